The van der Waals surface area contributed by atoms with Crippen LogP contribution in [0.2, 0.25) is 0 Å². The van der Waals surface area contributed by atoms with Crippen molar-refractivity contribution >= 4 is 49.9 Å². The average molecular weight is 562 g/mol. The van der Waals surface area contributed by atoms with E-state index < -0.39 is 22.3 Å². The van der Waals surface area contributed by atoms with Gasteiger partial charge in [-0.15, -0.1) is 0 Å². The summed E-state index contributed by atoms with van der Waals surface area (Å²) in [6.07, 6.45) is 0.420. The molecule has 0 aliphatic carbocycles. The number of anilines is 1. The number of hydrogen-bond donors (Lipinski definition) is 2. The Bertz CT molecular complexity index is 1280. The van der Waals surface area contributed by atoms with Crippen LogP contribution >= 0.6 is 22.6 Å². The molecule has 14 heteroatoms. The molecule has 4 N–H and O–H groups in total. The maximum Gasteiger partial charge on any atom is 0.333 e. The Balaban J connectivity index is 1.91. The van der Waals surface area contributed by atoms with Crippen molar-refractivity contribution < 1.29 is 26.5 Å². The van der Waals surface area contributed by atoms with Gasteiger partial charge in [0.1, 0.15) is 23.8 Å². The second kappa shape index (κ2) is 8.52. The van der Waals surface area contributed by atoms with Crippen LogP contribution in [0.15, 0.2) is 36.3 Å². The summed E-state index contributed by atoms with van der Waals surface area (Å²) in [4.78, 5) is 11.9. The van der Waals surface area contributed by atoms with Crippen molar-refractivity contribution in [1.29, 1.82) is 0 Å². The number of aromatic nitrogens is 4. The minimum absolute atomic E-state index is 0.0283. The summed E-state index contributed by atoms with van der Waals surface area (Å²) in [6.45, 7) is -0.370. The molecular formula is C17H16FIN6O5S. The minimum atomic E-state index is -4.18. The summed E-state index contributed by atoms with van der Waals surface area (Å²) in [5.74, 6) is 0.0798. The molecule has 1 aliphatic rings. The number of hydrogen-bond acceptors (Lipinski definition) is 9. The van der Waals surface area contributed by atoms with E-state index in [9.17, 15) is 12.8 Å². The number of halogens is 2. The zero-order valence-corrected chi connectivity index (χ0v) is 18.7. The van der Waals surface area contributed by atoms with Gasteiger partial charge in [0.05, 0.1) is 13.2 Å². The third kappa shape index (κ3) is 4.56. The number of allylic oxidation sites excluding steroid dienone is 1. The van der Waals surface area contributed by atoms with Crippen molar-refractivity contribution in [2.75, 3.05) is 19.1 Å². The summed E-state index contributed by atoms with van der Waals surface area (Å²) in [7, 11) is -4.18. The number of nitrogens with two attached hydrogens (primary N) is 2. The molecule has 0 radical (unpaired) electrons. The van der Waals surface area contributed by atoms with Gasteiger partial charge >= 0.3 is 16.4 Å². The highest BCUT2D eigenvalue weighted by Crippen LogP contribution is 2.38. The van der Waals surface area contributed by atoms with E-state index in [1.165, 1.54) is 10.8 Å². The second-order valence-corrected chi connectivity index (χ2v) is 8.77. The van der Waals surface area contributed by atoms with Crippen molar-refractivity contribution in [3.8, 4) is 0 Å². The molecule has 0 fully saturated rings. The highest BCUT2D eigenvalue weighted by Gasteiger charge is 2.32. The van der Waals surface area contributed by atoms with Crippen LogP contribution in [0.3, 0.4) is 0 Å². The fourth-order valence-electron chi connectivity index (χ4n) is 3.23. The standard InChI is InChI=1S/C17H16FIN6O5S/c18-17-23-14(20)13-16(24-17)25(5-6-30-31(21,26)27)15(22-13)12(11-7-28-8-29-11)9-3-1-2-4-10(9)19/h1-4,7,12H,5-6,8H2,(H2,20,23,24)(H2,21,26,27). The van der Waals surface area contributed by atoms with Crippen LogP contribution in [0.4, 0.5) is 10.2 Å². The maximum atomic E-state index is 13.9. The van der Waals surface area contributed by atoms with Crippen molar-refractivity contribution in [2.24, 2.45) is 5.14 Å². The topological polar surface area (TPSA) is 157 Å². The zero-order chi connectivity index (χ0) is 22.2. The summed E-state index contributed by atoms with van der Waals surface area (Å²) in [5, 5.41) is 4.92. The number of fused-ring (bicyclic) bond motifs is 1. The largest absolute Gasteiger partial charge is 0.462 e. The van der Waals surface area contributed by atoms with E-state index in [1.807, 2.05) is 24.3 Å². The number of nitrogen functional groups attached to an aromatic ring is 1. The van der Waals surface area contributed by atoms with E-state index in [-0.39, 0.29) is 36.9 Å². The van der Waals surface area contributed by atoms with Gasteiger partial charge in [-0.05, 0) is 34.2 Å². The number of ether oxygens (including phenoxy) is 2. The first-order valence-corrected chi connectivity index (χ1v) is 11.3. The number of rotatable bonds is 7. The Morgan fingerprint density at radius 3 is 2.74 bits per heavy atom. The fraction of sp³-hybridized carbons (Fsp3) is 0.235. The third-order valence-electron chi connectivity index (χ3n) is 4.44. The molecule has 1 aromatic carbocycles. The van der Waals surface area contributed by atoms with Gasteiger partial charge in [-0.1, -0.05) is 18.2 Å². The van der Waals surface area contributed by atoms with E-state index in [2.05, 4.69) is 41.7 Å². The van der Waals surface area contributed by atoms with E-state index in [1.54, 1.807) is 0 Å². The van der Waals surface area contributed by atoms with Gasteiger partial charge in [-0.25, -0.2) is 10.1 Å². The van der Waals surface area contributed by atoms with Crippen LogP contribution in [-0.4, -0.2) is 41.3 Å². The number of imidazole rings is 1. The van der Waals surface area contributed by atoms with E-state index >= 15 is 0 Å². The highest BCUT2D eigenvalue weighted by atomic mass is 127. The Kier molecular flexibility index (Phi) is 5.96. The van der Waals surface area contributed by atoms with Crippen LogP contribution in [0.25, 0.3) is 11.2 Å². The van der Waals surface area contributed by atoms with Crippen LogP contribution in [0, 0.1) is 9.65 Å². The lowest BCUT2D eigenvalue weighted by Crippen LogP contribution is -2.21. The van der Waals surface area contributed by atoms with Crippen LogP contribution in [0.5, 0.6) is 0 Å². The molecule has 31 heavy (non-hydrogen) atoms. The summed E-state index contributed by atoms with van der Waals surface area (Å²) >= 11 is 2.18. The van der Waals surface area contributed by atoms with Gasteiger partial charge in [0, 0.05) is 3.57 Å². The zero-order valence-electron chi connectivity index (χ0n) is 15.7. The molecule has 11 nitrogen and oxygen atoms in total. The summed E-state index contributed by atoms with van der Waals surface area (Å²) < 4.78 is 54.3. The minimum Gasteiger partial charge on any atom is -0.462 e. The molecule has 3 aromatic rings. The molecule has 0 amide bonds. The Morgan fingerprint density at radius 2 is 2.06 bits per heavy atom. The Labute approximate surface area is 189 Å². The van der Waals surface area contributed by atoms with Gasteiger partial charge in [-0.3, -0.25) is 4.18 Å². The highest BCUT2D eigenvalue weighted by molar-refractivity contribution is 14.1. The first kappa shape index (κ1) is 21.7. The van der Waals surface area contributed by atoms with Crippen molar-refractivity contribution in [3.63, 3.8) is 0 Å². The molecule has 0 saturated carbocycles. The first-order valence-electron chi connectivity index (χ1n) is 8.80. The van der Waals surface area contributed by atoms with E-state index in [0.717, 1.165) is 9.13 Å². The number of benzene rings is 1. The molecular weight excluding hydrogens is 546 g/mol. The molecule has 164 valence electrons. The Morgan fingerprint density at radius 1 is 1.29 bits per heavy atom. The molecule has 0 bridgehead atoms. The predicted molar refractivity (Wildman–Crippen MR) is 115 cm³/mol. The Hall–Kier alpha value is -2.56. The van der Waals surface area contributed by atoms with Gasteiger partial charge < -0.3 is 19.8 Å². The van der Waals surface area contributed by atoms with Crippen molar-refractivity contribution in [2.45, 2.75) is 12.5 Å². The molecule has 0 spiro atoms. The second-order valence-electron chi connectivity index (χ2n) is 6.39. The molecule has 3 heterocycles. The van der Waals surface area contributed by atoms with E-state index in [0.29, 0.717) is 11.6 Å². The summed E-state index contributed by atoms with van der Waals surface area (Å²) in [5.41, 5.74) is 6.94. The maximum absolute atomic E-state index is 13.9. The smallest absolute Gasteiger partial charge is 0.333 e. The van der Waals surface area contributed by atoms with E-state index in [4.69, 9.17) is 20.3 Å². The van der Waals surface area contributed by atoms with Gasteiger partial charge in [0.2, 0.25) is 6.79 Å². The molecule has 4 rings (SSSR count). The predicted octanol–water partition coefficient (Wildman–Crippen LogP) is 1.35. The molecule has 1 aliphatic heterocycles. The lowest BCUT2D eigenvalue weighted by molar-refractivity contribution is 0.0764. The van der Waals surface area contributed by atoms with Gasteiger partial charge in [0.15, 0.2) is 17.0 Å². The molecule has 0 saturated heterocycles. The molecule has 2 aromatic heterocycles. The van der Waals surface area contributed by atoms with Crippen LogP contribution in [0.1, 0.15) is 17.3 Å². The fourth-order valence-corrected chi connectivity index (χ4v) is 4.23. The van der Waals surface area contributed by atoms with Gasteiger partial charge in [-0.2, -0.15) is 22.8 Å². The average Bonchev–Trinajstić information content (AvgIpc) is 3.32. The molecule has 1 atom stereocenters. The van der Waals surface area contributed by atoms with Crippen LogP contribution in [-0.2, 0) is 30.5 Å². The summed E-state index contributed by atoms with van der Waals surface area (Å²) in [6, 6.07) is 7.52. The van der Waals surface area contributed by atoms with Crippen molar-refractivity contribution in [3.05, 3.63) is 57.3 Å². The van der Waals surface area contributed by atoms with Crippen molar-refractivity contribution in [1.82, 2.24) is 19.5 Å². The lowest BCUT2D eigenvalue weighted by Gasteiger charge is -2.20. The van der Waals surface area contributed by atoms with Crippen LogP contribution < -0.4 is 10.9 Å². The first-order chi connectivity index (χ1) is 14.7. The lowest BCUT2D eigenvalue weighted by atomic mass is 9.96. The SMILES string of the molecule is Nc1nc(F)nc2c1nc(C(C1=COCO1)c1ccccc1I)n2CCOS(N)(=O)=O. The monoisotopic (exact) mass is 562 g/mol. The normalized spacial score (nSPS) is 14.9. The van der Waals surface area contributed by atoms with Gasteiger partial charge in [0.25, 0.3) is 0 Å². The quantitative estimate of drug-likeness (QED) is 0.320. The number of nitrogens with zero attached hydrogens (tertiary/aromatic N) is 4. The third-order valence-corrected chi connectivity index (χ3v) is 5.92. The molecule has 1 unspecified atom stereocenters.